The topological polar surface area (TPSA) is 68.0 Å². The lowest BCUT2D eigenvalue weighted by atomic mass is 10.00. The van der Waals surface area contributed by atoms with Crippen LogP contribution in [0.15, 0.2) is 5.38 Å². The van der Waals surface area contributed by atoms with Crippen molar-refractivity contribution in [3.05, 3.63) is 11.1 Å². The Morgan fingerprint density at radius 1 is 1.58 bits per heavy atom. The average molecular weight is 304 g/mol. The quantitative estimate of drug-likeness (QED) is 0.898. The van der Waals surface area contributed by atoms with E-state index in [0.29, 0.717) is 23.4 Å². The largest absolute Gasteiger partial charge is 0.327 e. The van der Waals surface area contributed by atoms with E-state index in [2.05, 4.69) is 24.1 Å². The maximum Gasteiger partial charge on any atom is 0.226 e. The second kappa shape index (κ2) is 7.22. The number of anilines is 1. The molecule has 0 saturated heterocycles. The lowest BCUT2D eigenvalue weighted by Gasteiger charge is -2.13. The van der Waals surface area contributed by atoms with E-state index in [0.717, 1.165) is 25.0 Å². The summed E-state index contributed by atoms with van der Waals surface area (Å²) in [5.74, 6) is 0.784. The van der Waals surface area contributed by atoms with Crippen LogP contribution < -0.4 is 11.1 Å². The van der Waals surface area contributed by atoms with Gasteiger partial charge < -0.3 is 11.1 Å². The molecule has 4 nitrogen and oxygen atoms in total. The fraction of sp³-hybridized carbons (Fsp3) is 0.692. The summed E-state index contributed by atoms with van der Waals surface area (Å²) in [5, 5.41) is 5.58. The van der Waals surface area contributed by atoms with E-state index >= 15 is 0 Å². The van der Waals surface area contributed by atoms with Gasteiger partial charge in [-0.15, -0.1) is 23.7 Å². The number of halogens is 1. The third kappa shape index (κ3) is 4.44. The lowest BCUT2D eigenvalue weighted by Crippen LogP contribution is -2.28. The molecule has 1 amide bonds. The molecule has 0 spiro atoms. The highest BCUT2D eigenvalue weighted by Crippen LogP contribution is 2.27. The zero-order chi connectivity index (χ0) is 13.1. The molecule has 0 aliphatic heterocycles. The van der Waals surface area contributed by atoms with Gasteiger partial charge in [0, 0.05) is 17.8 Å². The number of carbonyl (C=O) groups excluding carboxylic acids is 1. The fourth-order valence-electron chi connectivity index (χ4n) is 2.34. The minimum atomic E-state index is 0. The van der Waals surface area contributed by atoms with E-state index in [4.69, 9.17) is 5.73 Å². The van der Waals surface area contributed by atoms with Crippen molar-refractivity contribution in [2.75, 3.05) is 5.32 Å². The van der Waals surface area contributed by atoms with Gasteiger partial charge in [-0.25, -0.2) is 4.98 Å². The zero-order valence-electron chi connectivity index (χ0n) is 11.4. The van der Waals surface area contributed by atoms with E-state index in [9.17, 15) is 4.79 Å². The Balaban J connectivity index is 0.00000180. The number of thiazole rings is 1. The Labute approximate surface area is 124 Å². The van der Waals surface area contributed by atoms with Crippen LogP contribution in [0.3, 0.4) is 0 Å². The first-order valence-electron chi connectivity index (χ1n) is 6.57. The molecule has 0 radical (unpaired) electrons. The lowest BCUT2D eigenvalue weighted by molar-refractivity contribution is -0.117. The van der Waals surface area contributed by atoms with Crippen LogP contribution in [0.1, 0.15) is 51.1 Å². The summed E-state index contributed by atoms with van der Waals surface area (Å²) in [7, 11) is 0. The average Bonchev–Trinajstić information content (AvgIpc) is 2.89. The number of nitrogens with zero attached hydrogens (tertiary/aromatic N) is 1. The smallest absolute Gasteiger partial charge is 0.226 e. The van der Waals surface area contributed by atoms with Crippen molar-refractivity contribution in [3.8, 4) is 0 Å². The van der Waals surface area contributed by atoms with Crippen molar-refractivity contribution in [2.24, 2.45) is 11.7 Å². The molecule has 19 heavy (non-hydrogen) atoms. The van der Waals surface area contributed by atoms with Gasteiger partial charge in [-0.2, -0.15) is 0 Å². The normalized spacial score (nSPS) is 22.3. The van der Waals surface area contributed by atoms with Gasteiger partial charge in [0.25, 0.3) is 0 Å². The molecule has 108 valence electrons. The van der Waals surface area contributed by atoms with Gasteiger partial charge in [-0.05, 0) is 24.7 Å². The number of aromatic nitrogens is 1. The fourth-order valence-corrected chi connectivity index (χ4v) is 3.22. The van der Waals surface area contributed by atoms with Gasteiger partial charge >= 0.3 is 0 Å². The molecule has 1 heterocycles. The maximum absolute atomic E-state index is 11.9. The van der Waals surface area contributed by atoms with E-state index in [1.165, 1.54) is 11.3 Å². The molecular formula is C13H22ClN3OS. The second-order valence-electron chi connectivity index (χ2n) is 5.34. The Kier molecular flexibility index (Phi) is 6.23. The van der Waals surface area contributed by atoms with Gasteiger partial charge in [0.2, 0.25) is 5.91 Å². The van der Waals surface area contributed by atoms with Crippen molar-refractivity contribution in [1.82, 2.24) is 4.98 Å². The summed E-state index contributed by atoms with van der Waals surface area (Å²) in [6.07, 6.45) is 3.79. The van der Waals surface area contributed by atoms with Crippen LogP contribution >= 0.6 is 23.7 Å². The number of hydrogen-bond donors (Lipinski definition) is 2. The number of rotatable bonds is 4. The highest BCUT2D eigenvalue weighted by molar-refractivity contribution is 7.13. The molecule has 0 unspecified atom stereocenters. The van der Waals surface area contributed by atoms with Crippen molar-refractivity contribution in [1.29, 1.82) is 0 Å². The molecule has 0 bridgehead atoms. The highest BCUT2D eigenvalue weighted by Gasteiger charge is 2.26. The van der Waals surface area contributed by atoms with E-state index in [1.54, 1.807) is 0 Å². The summed E-state index contributed by atoms with van der Waals surface area (Å²) < 4.78 is 0. The maximum atomic E-state index is 11.9. The number of nitrogens with two attached hydrogens (primary N) is 1. The summed E-state index contributed by atoms with van der Waals surface area (Å²) in [6.45, 7) is 4.19. The Morgan fingerprint density at radius 3 is 2.84 bits per heavy atom. The molecule has 1 saturated carbocycles. The molecular weight excluding hydrogens is 282 g/mol. The van der Waals surface area contributed by atoms with Crippen molar-refractivity contribution < 1.29 is 4.79 Å². The molecule has 6 heteroatoms. The molecule has 2 atom stereocenters. The third-order valence-corrected chi connectivity index (χ3v) is 4.30. The van der Waals surface area contributed by atoms with Crippen molar-refractivity contribution in [3.63, 3.8) is 0 Å². The Morgan fingerprint density at radius 2 is 2.32 bits per heavy atom. The van der Waals surface area contributed by atoms with E-state index < -0.39 is 0 Å². The van der Waals surface area contributed by atoms with E-state index in [1.807, 2.05) is 5.38 Å². The molecule has 1 aliphatic rings. The molecule has 1 fully saturated rings. The van der Waals surface area contributed by atoms with Crippen LogP contribution in [0.25, 0.3) is 0 Å². The minimum absolute atomic E-state index is 0. The van der Waals surface area contributed by atoms with Crippen LogP contribution in [-0.2, 0) is 4.79 Å². The number of nitrogens with one attached hydrogen (secondary N) is 1. The SMILES string of the molecule is CC(C)c1csc(NC(=O)C[C@@H]2CCC[C@H]2N)n1.Cl. The summed E-state index contributed by atoms with van der Waals surface area (Å²) >= 11 is 1.49. The molecule has 1 aliphatic carbocycles. The molecule has 1 aromatic heterocycles. The third-order valence-electron chi connectivity index (χ3n) is 3.53. The molecule has 0 aromatic carbocycles. The number of amides is 1. The van der Waals surface area contributed by atoms with Crippen LogP contribution in [0.2, 0.25) is 0 Å². The number of carbonyl (C=O) groups is 1. The predicted molar refractivity (Wildman–Crippen MR) is 82.0 cm³/mol. The first kappa shape index (κ1) is 16.4. The summed E-state index contributed by atoms with van der Waals surface area (Å²) in [5.41, 5.74) is 7.01. The summed E-state index contributed by atoms with van der Waals surface area (Å²) in [4.78, 5) is 16.3. The Hall–Kier alpha value is -0.650. The van der Waals surface area contributed by atoms with Gasteiger partial charge in [0.1, 0.15) is 0 Å². The van der Waals surface area contributed by atoms with Gasteiger partial charge in [0.15, 0.2) is 5.13 Å². The zero-order valence-corrected chi connectivity index (χ0v) is 13.0. The first-order chi connectivity index (χ1) is 8.56. The van der Waals surface area contributed by atoms with Crippen LogP contribution in [0, 0.1) is 5.92 Å². The molecule has 1 aromatic rings. The minimum Gasteiger partial charge on any atom is -0.327 e. The molecule has 2 rings (SSSR count). The summed E-state index contributed by atoms with van der Waals surface area (Å²) in [6, 6.07) is 0.193. The predicted octanol–water partition coefficient (Wildman–Crippen LogP) is 3.14. The van der Waals surface area contributed by atoms with Gasteiger partial charge in [-0.3, -0.25) is 4.79 Å². The number of hydrogen-bond acceptors (Lipinski definition) is 4. The van der Waals surface area contributed by atoms with Crippen LogP contribution in [-0.4, -0.2) is 16.9 Å². The van der Waals surface area contributed by atoms with Crippen LogP contribution in [0.5, 0.6) is 0 Å². The Bertz CT molecular complexity index is 422. The monoisotopic (exact) mass is 303 g/mol. The van der Waals surface area contributed by atoms with Crippen molar-refractivity contribution >= 4 is 34.8 Å². The van der Waals surface area contributed by atoms with Crippen molar-refractivity contribution in [2.45, 2.75) is 51.5 Å². The molecule has 3 N–H and O–H groups in total. The highest BCUT2D eigenvalue weighted by atomic mass is 35.5. The first-order valence-corrected chi connectivity index (χ1v) is 7.45. The van der Waals surface area contributed by atoms with Gasteiger partial charge in [0.05, 0.1) is 5.69 Å². The van der Waals surface area contributed by atoms with Crippen LogP contribution in [0.4, 0.5) is 5.13 Å². The van der Waals surface area contributed by atoms with E-state index in [-0.39, 0.29) is 24.4 Å². The standard InChI is InChI=1S/C13H21N3OS.ClH/c1-8(2)11-7-18-13(15-11)16-12(17)6-9-4-3-5-10(9)14;/h7-10H,3-6,14H2,1-2H3,(H,15,16,17);1H/t9-,10+;/m0./s1. The second-order valence-corrected chi connectivity index (χ2v) is 6.20. The van der Waals surface area contributed by atoms with Gasteiger partial charge in [-0.1, -0.05) is 20.3 Å².